The molecular weight excluding hydrogens is 697 g/mol. The fraction of sp³-hybridized carbons (Fsp3) is 0.541. The smallest absolute Gasteiger partial charge is 0.330 e. The summed E-state index contributed by atoms with van der Waals surface area (Å²) in [6, 6.07) is 19.4. The van der Waals surface area contributed by atoms with E-state index in [-0.39, 0.29) is 29.5 Å². The Morgan fingerprint density at radius 1 is 1.06 bits per heavy atom. The monoisotopic (exact) mass is 748 g/mol. The minimum absolute atomic E-state index is 0.00949. The second kappa shape index (κ2) is 19.0. The van der Waals surface area contributed by atoms with Gasteiger partial charge in [0.05, 0.1) is 12.7 Å². The van der Waals surface area contributed by atoms with Crippen molar-refractivity contribution in [2.24, 2.45) is 0 Å². The van der Waals surface area contributed by atoms with E-state index in [9.17, 15) is 14.4 Å². The van der Waals surface area contributed by atoms with Crippen LogP contribution in [0.3, 0.4) is 0 Å². The van der Waals surface area contributed by atoms with Crippen LogP contribution >= 0.6 is 30.1 Å². The largest absolute Gasteiger partial charge is 0.349 e. The predicted molar refractivity (Wildman–Crippen MR) is 202 cm³/mol. The van der Waals surface area contributed by atoms with Crippen molar-refractivity contribution in [1.29, 1.82) is 0 Å². The van der Waals surface area contributed by atoms with Crippen molar-refractivity contribution in [3.05, 3.63) is 98.8 Å². The van der Waals surface area contributed by atoms with E-state index in [1.54, 1.807) is 21.6 Å². The molecule has 0 spiro atoms. The van der Waals surface area contributed by atoms with E-state index < -0.39 is 44.4 Å². The second-order valence-electron chi connectivity index (χ2n) is 13.5. The molecule has 1 aliphatic rings. The molecule has 274 valence electrons. The molecule has 2 aromatic carbocycles. The third-order valence-electron chi connectivity index (χ3n) is 8.29. The Bertz CT molecular complexity index is 1650. The summed E-state index contributed by atoms with van der Waals surface area (Å²) in [5.74, 6) is 0.281. The molecule has 1 aliphatic heterocycles. The van der Waals surface area contributed by atoms with E-state index in [0.717, 1.165) is 33.9 Å². The van der Waals surface area contributed by atoms with Crippen molar-refractivity contribution < 1.29 is 24.3 Å². The van der Waals surface area contributed by atoms with E-state index >= 15 is 4.39 Å². The number of halogens is 1. The molecule has 3 aromatic rings. The van der Waals surface area contributed by atoms with Crippen LogP contribution in [-0.2, 0) is 31.4 Å². The van der Waals surface area contributed by atoms with Crippen molar-refractivity contribution in [3.63, 3.8) is 0 Å². The number of nitrogens with one attached hydrogen (secondary N) is 1. The number of carbonyl (C=O) groups is 1. The summed E-state index contributed by atoms with van der Waals surface area (Å²) >= 11 is 0. The number of rotatable bonds is 19. The summed E-state index contributed by atoms with van der Waals surface area (Å²) in [5, 5.41) is 0. The number of ether oxygens (including phenoxy) is 1. The Morgan fingerprint density at radius 3 is 2.44 bits per heavy atom. The number of H-pyrrole nitrogens is 1. The Hall–Kier alpha value is -2.31. The predicted octanol–water partition coefficient (Wildman–Crippen LogP) is 8.28. The number of Topliss-reactive ketones (excluding diaryl/α,β-unsaturated/α-hetero) is 1. The molecule has 2 heterocycles. The molecule has 1 aromatic heterocycles. The number of benzene rings is 2. The third-order valence-corrected chi connectivity index (χ3v) is 13.9. The fourth-order valence-corrected chi connectivity index (χ4v) is 9.98. The molecule has 0 radical (unpaired) electrons. The van der Waals surface area contributed by atoms with Gasteiger partial charge in [-0.05, 0) is 84.9 Å². The minimum atomic E-state index is -1.79. The maximum atomic E-state index is 16.0. The minimum Gasteiger partial charge on any atom is -0.349 e. The van der Waals surface area contributed by atoms with Crippen LogP contribution < -0.4 is 11.2 Å². The molecule has 5 atom stereocenters. The van der Waals surface area contributed by atoms with Crippen LogP contribution in [-0.4, -0.2) is 61.8 Å². The number of carbonyl (C=O) groups excluding carboxylic acids is 1. The zero-order valence-corrected chi connectivity index (χ0v) is 32.3. The van der Waals surface area contributed by atoms with Crippen LogP contribution in [0.2, 0.25) is 0 Å². The molecule has 0 aliphatic carbocycles. The van der Waals surface area contributed by atoms with Gasteiger partial charge in [-0.1, -0.05) is 70.1 Å². The molecule has 0 saturated carbocycles. The van der Waals surface area contributed by atoms with Gasteiger partial charge in [-0.15, -0.1) is 0 Å². The van der Waals surface area contributed by atoms with Crippen molar-refractivity contribution in [2.75, 3.05) is 6.61 Å². The summed E-state index contributed by atoms with van der Waals surface area (Å²) in [4.78, 5) is 39.9. The molecule has 0 bridgehead atoms. The van der Waals surface area contributed by atoms with Crippen molar-refractivity contribution in [3.8, 4) is 0 Å². The SMILES string of the molecule is [2H]CC1OC(n2ccc(=O)[nH]c2=O)C(F)C1OP(OCCc1ccccc1SSC(C)(C)CCC(=O)CCc1ccccc1)N(C(C)C)C(C)C. The zero-order chi connectivity index (χ0) is 37.1. The maximum Gasteiger partial charge on any atom is 0.330 e. The normalized spacial score (nSPS) is 20.5. The van der Waals surface area contributed by atoms with Gasteiger partial charge in [0.25, 0.3) is 14.1 Å². The van der Waals surface area contributed by atoms with Crippen LogP contribution in [0.4, 0.5) is 4.39 Å². The summed E-state index contributed by atoms with van der Waals surface area (Å²) in [5.41, 5.74) is 0.894. The Morgan fingerprint density at radius 2 is 1.76 bits per heavy atom. The molecule has 0 amide bonds. The summed E-state index contributed by atoms with van der Waals surface area (Å²) < 4.78 is 45.7. The molecular formula is C37H51FN3O6PS2. The van der Waals surface area contributed by atoms with Gasteiger partial charge in [-0.3, -0.25) is 19.1 Å². The molecule has 1 saturated heterocycles. The number of aryl methyl sites for hydroxylation is 1. The topological polar surface area (TPSA) is 103 Å². The maximum absolute atomic E-state index is 16.0. The van der Waals surface area contributed by atoms with Gasteiger partial charge in [0.15, 0.2) is 12.4 Å². The number of hydrogen-bond donors (Lipinski definition) is 1. The van der Waals surface area contributed by atoms with Gasteiger partial charge in [-0.25, -0.2) is 13.9 Å². The van der Waals surface area contributed by atoms with Crippen LogP contribution in [0.5, 0.6) is 0 Å². The first kappa shape index (κ1) is 38.9. The lowest BCUT2D eigenvalue weighted by atomic mass is 10.0. The molecule has 1 fully saturated rings. The van der Waals surface area contributed by atoms with Crippen LogP contribution in [0.1, 0.15) is 86.4 Å². The first-order valence-electron chi connectivity index (χ1n) is 17.8. The van der Waals surface area contributed by atoms with Gasteiger partial charge < -0.3 is 13.8 Å². The zero-order valence-electron chi connectivity index (χ0n) is 30.8. The van der Waals surface area contributed by atoms with E-state index in [1.165, 1.54) is 11.8 Å². The standard InChI is InChI=1S/C37H51FN3O6PS2/c1-25(2)41(26(3)4)48(47-34-27(5)46-35(33(34)38)40-23-20-32(43)39-36(40)44)45-24-21-29-15-11-12-16-31(29)49-50-37(6,7)22-19-30(42)18-17-28-13-9-8-10-14-28/h8-16,20,23,25-27,33-35H,17-19,21-22,24H2,1-7H3,(H,39,43,44)/i5D. The Balaban J connectivity index is 1.38. The number of aromatic amines is 1. The lowest BCUT2D eigenvalue weighted by Crippen LogP contribution is -2.38. The molecule has 50 heavy (non-hydrogen) atoms. The van der Waals surface area contributed by atoms with Crippen LogP contribution in [0.15, 0.2) is 81.3 Å². The molecule has 4 rings (SSSR count). The summed E-state index contributed by atoms with van der Waals surface area (Å²) in [6.07, 6.45) is -0.818. The van der Waals surface area contributed by atoms with Gasteiger partial charge in [-0.2, -0.15) is 0 Å². The Labute approximate surface area is 305 Å². The number of aromatic nitrogens is 2. The van der Waals surface area contributed by atoms with Crippen LogP contribution in [0, 0.1) is 0 Å². The first-order chi connectivity index (χ1) is 24.3. The highest BCUT2D eigenvalue weighted by molar-refractivity contribution is 8.77. The highest BCUT2D eigenvalue weighted by Crippen LogP contribution is 2.51. The van der Waals surface area contributed by atoms with Gasteiger partial charge in [0, 0.05) is 48.2 Å². The summed E-state index contributed by atoms with van der Waals surface area (Å²) in [7, 11) is 1.66. The van der Waals surface area contributed by atoms with Gasteiger partial charge >= 0.3 is 5.69 Å². The number of alkyl halides is 1. The average molecular weight is 749 g/mol. The highest BCUT2D eigenvalue weighted by Gasteiger charge is 2.48. The average Bonchev–Trinajstić information content (AvgIpc) is 3.40. The highest BCUT2D eigenvalue weighted by atomic mass is 33.1. The van der Waals surface area contributed by atoms with E-state index in [4.69, 9.17) is 15.2 Å². The van der Waals surface area contributed by atoms with Gasteiger partial charge in [0.1, 0.15) is 11.9 Å². The van der Waals surface area contributed by atoms with Crippen LogP contribution in [0.25, 0.3) is 0 Å². The number of ketones is 1. The molecule has 13 heteroatoms. The van der Waals surface area contributed by atoms with E-state index in [2.05, 4.69) is 47.8 Å². The number of hydrogen-bond acceptors (Lipinski definition) is 9. The van der Waals surface area contributed by atoms with E-state index in [0.29, 0.717) is 25.9 Å². The van der Waals surface area contributed by atoms with Crippen molar-refractivity contribution in [2.45, 2.75) is 127 Å². The van der Waals surface area contributed by atoms with Crippen molar-refractivity contribution in [1.82, 2.24) is 14.2 Å². The van der Waals surface area contributed by atoms with Gasteiger partial charge in [0.2, 0.25) is 0 Å². The van der Waals surface area contributed by atoms with E-state index in [1.807, 2.05) is 58.0 Å². The molecule has 9 nitrogen and oxygen atoms in total. The number of nitrogens with zero attached hydrogens (tertiary/aromatic N) is 2. The fourth-order valence-electron chi connectivity index (χ4n) is 5.62. The third kappa shape index (κ3) is 11.6. The molecule has 5 unspecified atom stereocenters. The summed E-state index contributed by atoms with van der Waals surface area (Å²) in [6.45, 7) is 12.4. The lowest BCUT2D eigenvalue weighted by molar-refractivity contribution is -0.119. The van der Waals surface area contributed by atoms with Crippen molar-refractivity contribution >= 4 is 35.9 Å². The lowest BCUT2D eigenvalue weighted by Gasteiger charge is -2.37. The first-order valence-corrected chi connectivity index (χ1v) is 20.3. The second-order valence-corrected chi connectivity index (χ2v) is 17.8. The molecule has 1 N–H and O–H groups in total. The Kier molecular flexibility index (Phi) is 14.8. The quantitative estimate of drug-likeness (QED) is 0.0959.